The molecule has 0 atom stereocenters. The number of benzene rings is 1. The zero-order chi connectivity index (χ0) is 17.1. The molecule has 0 aliphatic rings. The number of non-ortho nitro benzene ring substituents is 1. The van der Waals surface area contributed by atoms with E-state index in [2.05, 4.69) is 25.6 Å². The average molecular weight is 340 g/mol. The van der Waals surface area contributed by atoms with Crippen molar-refractivity contribution in [3.63, 3.8) is 0 Å². The molecule has 2 heterocycles. The topological polar surface area (TPSA) is 106 Å². The highest BCUT2D eigenvalue weighted by Gasteiger charge is 2.08. The minimum Gasteiger partial charge on any atom is -0.365 e. The molecule has 8 nitrogen and oxygen atoms in total. The van der Waals surface area contributed by atoms with Gasteiger partial charge in [0.1, 0.15) is 11.3 Å². The van der Waals surface area contributed by atoms with Gasteiger partial charge in [0.2, 0.25) is 0 Å². The van der Waals surface area contributed by atoms with Crippen LogP contribution in [0.5, 0.6) is 0 Å². The van der Waals surface area contributed by atoms with Crippen LogP contribution in [-0.2, 0) is 0 Å². The zero-order valence-electron chi connectivity index (χ0n) is 12.6. The lowest BCUT2D eigenvalue weighted by molar-refractivity contribution is -0.384. The van der Waals surface area contributed by atoms with Gasteiger partial charge in [0.15, 0.2) is 10.8 Å². The summed E-state index contributed by atoms with van der Waals surface area (Å²) in [5.74, 6) is 0.553. The smallest absolute Gasteiger partial charge is 0.269 e. The third-order valence-corrected chi connectivity index (χ3v) is 3.56. The highest BCUT2D eigenvalue weighted by atomic mass is 32.1. The first-order chi connectivity index (χ1) is 11.6. The van der Waals surface area contributed by atoms with Crippen LogP contribution in [0.3, 0.4) is 0 Å². The van der Waals surface area contributed by atoms with Crippen LogP contribution in [0, 0.1) is 10.1 Å². The van der Waals surface area contributed by atoms with E-state index in [0.717, 1.165) is 5.56 Å². The van der Waals surface area contributed by atoms with E-state index in [0.29, 0.717) is 27.8 Å². The fourth-order valence-electron chi connectivity index (χ4n) is 2.04. The third kappa shape index (κ3) is 3.25. The maximum absolute atomic E-state index is 10.7. The van der Waals surface area contributed by atoms with Crippen LogP contribution >= 0.6 is 12.2 Å². The first-order valence-corrected chi connectivity index (χ1v) is 7.35. The molecule has 0 aliphatic heterocycles. The number of rotatable bonds is 3. The SMILES string of the molecule is CNC(=S)Nc1ccc2ncc(-c3ccc([N+](=O)[O-])cc3)nc2n1. The van der Waals surface area contributed by atoms with Crippen molar-refractivity contribution in [1.82, 2.24) is 20.3 Å². The number of nitrogens with zero attached hydrogens (tertiary/aromatic N) is 4. The molecule has 0 unspecified atom stereocenters. The number of anilines is 1. The van der Waals surface area contributed by atoms with Crippen LogP contribution in [0.2, 0.25) is 0 Å². The van der Waals surface area contributed by atoms with Crippen LogP contribution in [0.4, 0.5) is 11.5 Å². The summed E-state index contributed by atoms with van der Waals surface area (Å²) < 4.78 is 0. The second-order valence-corrected chi connectivity index (χ2v) is 5.21. The third-order valence-electron chi connectivity index (χ3n) is 3.25. The summed E-state index contributed by atoms with van der Waals surface area (Å²) in [6, 6.07) is 9.66. The molecule has 0 fully saturated rings. The van der Waals surface area contributed by atoms with Gasteiger partial charge in [-0.2, -0.15) is 0 Å². The number of nitrogens with one attached hydrogen (secondary N) is 2. The second-order valence-electron chi connectivity index (χ2n) is 4.80. The number of thiocarbonyl (C=S) groups is 1. The molecule has 0 radical (unpaired) electrons. The molecule has 0 bridgehead atoms. The lowest BCUT2D eigenvalue weighted by atomic mass is 10.1. The van der Waals surface area contributed by atoms with E-state index in [1.54, 1.807) is 37.5 Å². The van der Waals surface area contributed by atoms with Gasteiger partial charge < -0.3 is 10.6 Å². The molecular weight excluding hydrogens is 328 g/mol. The van der Waals surface area contributed by atoms with E-state index in [9.17, 15) is 10.1 Å². The number of aromatic nitrogens is 3. The predicted molar refractivity (Wildman–Crippen MR) is 94.7 cm³/mol. The standard InChI is InChI=1S/C15H12N6O2S/c1-16-15(24)20-13-7-6-11-14(19-13)18-12(8-17-11)9-2-4-10(5-3-9)21(22)23/h2-8H,1H3,(H2,16,18,19,20,24). The van der Waals surface area contributed by atoms with Crippen molar-refractivity contribution in [2.24, 2.45) is 0 Å². The molecule has 3 rings (SSSR count). The molecule has 0 spiro atoms. The van der Waals surface area contributed by atoms with Gasteiger partial charge in [0.05, 0.1) is 16.8 Å². The summed E-state index contributed by atoms with van der Waals surface area (Å²) in [7, 11) is 1.71. The normalized spacial score (nSPS) is 10.4. The van der Waals surface area contributed by atoms with E-state index < -0.39 is 4.92 Å². The van der Waals surface area contributed by atoms with Gasteiger partial charge in [-0.05, 0) is 36.5 Å². The summed E-state index contributed by atoms with van der Waals surface area (Å²) in [5, 5.41) is 16.9. The van der Waals surface area contributed by atoms with Crippen molar-refractivity contribution >= 4 is 40.0 Å². The van der Waals surface area contributed by atoms with Crippen LogP contribution in [0.15, 0.2) is 42.6 Å². The maximum atomic E-state index is 10.7. The lowest BCUT2D eigenvalue weighted by Crippen LogP contribution is -2.24. The number of nitro benzene ring substituents is 1. The average Bonchev–Trinajstić information content (AvgIpc) is 2.61. The van der Waals surface area contributed by atoms with Crippen LogP contribution in [0.1, 0.15) is 0 Å². The number of pyridine rings is 1. The van der Waals surface area contributed by atoms with Crippen molar-refractivity contribution in [3.8, 4) is 11.3 Å². The Hall–Kier alpha value is -3.20. The Balaban J connectivity index is 1.97. The molecule has 1 aromatic carbocycles. The molecule has 9 heteroatoms. The highest BCUT2D eigenvalue weighted by molar-refractivity contribution is 7.80. The van der Waals surface area contributed by atoms with Gasteiger partial charge in [0.25, 0.3) is 5.69 Å². The fourth-order valence-corrected chi connectivity index (χ4v) is 2.14. The minimum atomic E-state index is -0.444. The summed E-state index contributed by atoms with van der Waals surface area (Å²) in [6.07, 6.45) is 1.61. The maximum Gasteiger partial charge on any atom is 0.269 e. The number of hydrogen-bond acceptors (Lipinski definition) is 6. The molecule has 0 saturated heterocycles. The van der Waals surface area contributed by atoms with E-state index in [4.69, 9.17) is 12.2 Å². The molecular formula is C15H12N6O2S. The molecule has 3 aromatic rings. The predicted octanol–water partition coefficient (Wildman–Crippen LogP) is 2.52. The van der Waals surface area contributed by atoms with Crippen molar-refractivity contribution in [3.05, 3.63) is 52.7 Å². The first kappa shape index (κ1) is 15.7. The molecule has 0 aliphatic carbocycles. The Morgan fingerprint density at radius 3 is 2.58 bits per heavy atom. The quantitative estimate of drug-likeness (QED) is 0.425. The Labute approximate surface area is 142 Å². The fraction of sp³-hybridized carbons (Fsp3) is 0.0667. The summed E-state index contributed by atoms with van der Waals surface area (Å²) in [5.41, 5.74) is 2.42. The Bertz CT molecular complexity index is 929. The number of fused-ring (bicyclic) bond motifs is 1. The van der Waals surface area contributed by atoms with Gasteiger partial charge in [-0.3, -0.25) is 15.1 Å². The molecule has 0 saturated carbocycles. The molecule has 24 heavy (non-hydrogen) atoms. The van der Waals surface area contributed by atoms with Gasteiger partial charge in [-0.25, -0.2) is 9.97 Å². The van der Waals surface area contributed by atoms with Gasteiger partial charge in [-0.15, -0.1) is 0 Å². The van der Waals surface area contributed by atoms with Gasteiger partial charge in [0, 0.05) is 24.7 Å². The molecule has 120 valence electrons. The Kier molecular flexibility index (Phi) is 4.25. The monoisotopic (exact) mass is 340 g/mol. The van der Waals surface area contributed by atoms with Crippen molar-refractivity contribution in [2.45, 2.75) is 0 Å². The van der Waals surface area contributed by atoms with Crippen LogP contribution < -0.4 is 10.6 Å². The van der Waals surface area contributed by atoms with E-state index >= 15 is 0 Å². The molecule has 2 N–H and O–H groups in total. The summed E-state index contributed by atoms with van der Waals surface area (Å²) in [4.78, 5) is 23.4. The molecule has 2 aromatic heterocycles. The summed E-state index contributed by atoms with van der Waals surface area (Å²) >= 11 is 5.04. The summed E-state index contributed by atoms with van der Waals surface area (Å²) in [6.45, 7) is 0. The van der Waals surface area contributed by atoms with E-state index in [1.165, 1.54) is 12.1 Å². The van der Waals surface area contributed by atoms with Crippen LogP contribution in [-0.4, -0.2) is 32.0 Å². The zero-order valence-corrected chi connectivity index (χ0v) is 13.4. The first-order valence-electron chi connectivity index (χ1n) is 6.94. The Morgan fingerprint density at radius 1 is 1.17 bits per heavy atom. The second kappa shape index (κ2) is 6.50. The van der Waals surface area contributed by atoms with Crippen molar-refractivity contribution < 1.29 is 4.92 Å². The highest BCUT2D eigenvalue weighted by Crippen LogP contribution is 2.22. The van der Waals surface area contributed by atoms with Crippen molar-refractivity contribution in [2.75, 3.05) is 12.4 Å². The van der Waals surface area contributed by atoms with Crippen LogP contribution in [0.25, 0.3) is 22.4 Å². The van der Waals surface area contributed by atoms with Gasteiger partial charge >= 0.3 is 0 Å². The Morgan fingerprint density at radius 2 is 1.92 bits per heavy atom. The lowest BCUT2D eigenvalue weighted by Gasteiger charge is -2.07. The minimum absolute atomic E-state index is 0.0256. The van der Waals surface area contributed by atoms with E-state index in [-0.39, 0.29) is 5.69 Å². The number of hydrogen-bond donors (Lipinski definition) is 2. The van der Waals surface area contributed by atoms with E-state index in [1.807, 2.05) is 0 Å². The molecule has 0 amide bonds. The van der Waals surface area contributed by atoms with Gasteiger partial charge in [-0.1, -0.05) is 0 Å². The van der Waals surface area contributed by atoms with Crippen molar-refractivity contribution in [1.29, 1.82) is 0 Å². The largest absolute Gasteiger partial charge is 0.365 e. The number of nitro groups is 1.